The number of nitrogens with one attached hydrogen (secondary N) is 2. The third-order valence-corrected chi connectivity index (χ3v) is 7.10. The van der Waals surface area contributed by atoms with Gasteiger partial charge in [0.15, 0.2) is 0 Å². The summed E-state index contributed by atoms with van der Waals surface area (Å²) in [5.41, 5.74) is 1.62. The Kier molecular flexibility index (Phi) is 4.77. The third-order valence-electron chi connectivity index (χ3n) is 3.51. The lowest BCUT2D eigenvalue weighted by Crippen LogP contribution is -2.41. The number of H-pyrrole nitrogens is 1. The van der Waals surface area contributed by atoms with Crippen molar-refractivity contribution in [3.05, 3.63) is 51.9 Å². The van der Waals surface area contributed by atoms with Crippen LogP contribution < -0.4 is 4.72 Å². The molecule has 0 bridgehead atoms. The first kappa shape index (κ1) is 17.2. The zero-order valence-corrected chi connectivity index (χ0v) is 15.4. The Morgan fingerprint density at radius 2 is 2.04 bits per heavy atom. The van der Waals surface area contributed by atoms with E-state index in [0.29, 0.717) is 3.79 Å². The van der Waals surface area contributed by atoms with E-state index in [9.17, 15) is 18.3 Å². The van der Waals surface area contributed by atoms with Crippen molar-refractivity contribution in [3.8, 4) is 0 Å². The predicted octanol–water partition coefficient (Wildman–Crippen LogP) is 2.97. The second-order valence-corrected chi connectivity index (χ2v) is 9.54. The van der Waals surface area contributed by atoms with Crippen LogP contribution in [-0.4, -0.2) is 30.5 Å². The van der Waals surface area contributed by atoms with Crippen molar-refractivity contribution < 1.29 is 18.3 Å². The zero-order chi connectivity index (χ0) is 17.3. The van der Waals surface area contributed by atoms with E-state index in [2.05, 4.69) is 25.6 Å². The minimum Gasteiger partial charge on any atom is -0.480 e. The quantitative estimate of drug-likeness (QED) is 0.561. The molecule has 0 aliphatic rings. The van der Waals surface area contributed by atoms with Gasteiger partial charge in [0.25, 0.3) is 10.0 Å². The van der Waals surface area contributed by atoms with Crippen molar-refractivity contribution in [1.29, 1.82) is 0 Å². The zero-order valence-electron chi connectivity index (χ0n) is 12.2. The van der Waals surface area contributed by atoms with Gasteiger partial charge in [0.2, 0.25) is 0 Å². The second kappa shape index (κ2) is 6.67. The molecule has 3 rings (SSSR count). The molecule has 3 aromatic rings. The van der Waals surface area contributed by atoms with Crippen molar-refractivity contribution in [3.63, 3.8) is 0 Å². The minimum atomic E-state index is -3.89. The molecule has 0 aliphatic heterocycles. The smallest absolute Gasteiger partial charge is 0.322 e. The summed E-state index contributed by atoms with van der Waals surface area (Å²) in [5.74, 6) is -1.22. The van der Waals surface area contributed by atoms with Gasteiger partial charge in [-0.25, -0.2) is 8.42 Å². The Labute approximate surface area is 150 Å². The van der Waals surface area contributed by atoms with E-state index in [1.165, 1.54) is 6.07 Å². The molecule has 6 nitrogen and oxygen atoms in total. The van der Waals surface area contributed by atoms with Crippen molar-refractivity contribution in [2.24, 2.45) is 0 Å². The molecule has 0 fully saturated rings. The molecule has 0 spiro atoms. The predicted molar refractivity (Wildman–Crippen MR) is 95.8 cm³/mol. The number of halogens is 1. The molecule has 0 saturated heterocycles. The lowest BCUT2D eigenvalue weighted by Gasteiger charge is -2.13. The van der Waals surface area contributed by atoms with Crippen LogP contribution in [0.15, 0.2) is 50.6 Å². The first-order valence-electron chi connectivity index (χ1n) is 6.92. The van der Waals surface area contributed by atoms with Gasteiger partial charge in [-0.05, 0) is 39.7 Å². The van der Waals surface area contributed by atoms with Crippen LogP contribution in [0.2, 0.25) is 0 Å². The van der Waals surface area contributed by atoms with Crippen LogP contribution in [-0.2, 0) is 21.2 Å². The molecule has 0 amide bonds. The maximum atomic E-state index is 12.4. The van der Waals surface area contributed by atoms with Gasteiger partial charge in [0.1, 0.15) is 10.3 Å². The van der Waals surface area contributed by atoms with Crippen LogP contribution in [0.1, 0.15) is 5.56 Å². The highest BCUT2D eigenvalue weighted by molar-refractivity contribution is 9.11. The molecular formula is C15H13BrN2O4S2. The first-order chi connectivity index (χ1) is 11.4. The summed E-state index contributed by atoms with van der Waals surface area (Å²) in [6.45, 7) is 0. The number of carbonyl (C=O) groups is 1. The van der Waals surface area contributed by atoms with Gasteiger partial charge in [0, 0.05) is 23.5 Å². The van der Waals surface area contributed by atoms with E-state index in [0.717, 1.165) is 27.8 Å². The summed E-state index contributed by atoms with van der Waals surface area (Å²) < 4.78 is 27.7. The highest BCUT2D eigenvalue weighted by atomic mass is 79.9. The van der Waals surface area contributed by atoms with Crippen LogP contribution >= 0.6 is 27.3 Å². The van der Waals surface area contributed by atoms with Crippen LogP contribution in [0.25, 0.3) is 10.9 Å². The molecule has 126 valence electrons. The summed E-state index contributed by atoms with van der Waals surface area (Å²) in [7, 11) is -3.89. The van der Waals surface area contributed by atoms with Gasteiger partial charge in [-0.1, -0.05) is 18.2 Å². The fourth-order valence-corrected chi connectivity index (χ4v) is 5.60. The third kappa shape index (κ3) is 3.54. The lowest BCUT2D eigenvalue weighted by atomic mass is 10.1. The number of thiophene rings is 1. The van der Waals surface area contributed by atoms with Crippen LogP contribution in [0.4, 0.5) is 0 Å². The molecule has 3 N–H and O–H groups in total. The van der Waals surface area contributed by atoms with Crippen molar-refractivity contribution in [2.45, 2.75) is 16.7 Å². The summed E-state index contributed by atoms with van der Waals surface area (Å²) in [4.78, 5) is 14.6. The molecule has 0 radical (unpaired) electrons. The SMILES string of the molecule is O=C(O)[C@@H](Cc1c[nH]c2ccccc12)NS(=O)(=O)c1ccc(Br)s1. The number of hydrogen-bond acceptors (Lipinski definition) is 4. The molecule has 24 heavy (non-hydrogen) atoms. The number of benzene rings is 1. The van der Waals surface area contributed by atoms with Gasteiger partial charge in [0.05, 0.1) is 3.79 Å². The molecule has 1 atom stereocenters. The van der Waals surface area contributed by atoms with Crippen LogP contribution in [0, 0.1) is 0 Å². The fourth-order valence-electron chi connectivity index (χ4n) is 2.39. The van der Waals surface area contributed by atoms with Gasteiger partial charge < -0.3 is 10.1 Å². The minimum absolute atomic E-state index is 0.0467. The van der Waals surface area contributed by atoms with E-state index in [1.54, 1.807) is 12.3 Å². The lowest BCUT2D eigenvalue weighted by molar-refractivity contribution is -0.138. The number of sulfonamides is 1. The largest absolute Gasteiger partial charge is 0.480 e. The fraction of sp³-hybridized carbons (Fsp3) is 0.133. The van der Waals surface area contributed by atoms with E-state index in [1.807, 2.05) is 24.3 Å². The van der Waals surface area contributed by atoms with Crippen molar-refractivity contribution in [1.82, 2.24) is 9.71 Å². The molecule has 0 unspecified atom stereocenters. The number of para-hydroxylation sites is 1. The molecular weight excluding hydrogens is 416 g/mol. The Morgan fingerprint density at radius 3 is 2.71 bits per heavy atom. The molecule has 9 heteroatoms. The normalized spacial score (nSPS) is 13.2. The summed E-state index contributed by atoms with van der Waals surface area (Å²) in [6, 6.07) is 9.25. The van der Waals surface area contributed by atoms with E-state index >= 15 is 0 Å². The van der Waals surface area contributed by atoms with E-state index < -0.39 is 22.0 Å². The van der Waals surface area contributed by atoms with Crippen molar-refractivity contribution in [2.75, 3.05) is 0 Å². The first-order valence-corrected chi connectivity index (χ1v) is 10.0. The Hall–Kier alpha value is -1.68. The van der Waals surface area contributed by atoms with E-state index in [4.69, 9.17) is 0 Å². The van der Waals surface area contributed by atoms with Crippen molar-refractivity contribution >= 4 is 54.2 Å². The van der Waals surface area contributed by atoms with E-state index in [-0.39, 0.29) is 10.6 Å². The second-order valence-electron chi connectivity index (χ2n) is 5.13. The monoisotopic (exact) mass is 428 g/mol. The van der Waals surface area contributed by atoms with Gasteiger partial charge in [-0.15, -0.1) is 11.3 Å². The highest BCUT2D eigenvalue weighted by Crippen LogP contribution is 2.26. The topological polar surface area (TPSA) is 99.3 Å². The number of aromatic amines is 1. The number of rotatable bonds is 6. The summed E-state index contributed by atoms with van der Waals surface area (Å²) >= 11 is 4.23. The average Bonchev–Trinajstić information content (AvgIpc) is 3.14. The van der Waals surface area contributed by atoms with Crippen LogP contribution in [0.3, 0.4) is 0 Å². The highest BCUT2D eigenvalue weighted by Gasteiger charge is 2.27. The van der Waals surface area contributed by atoms with Gasteiger partial charge in [-0.3, -0.25) is 4.79 Å². The molecule has 0 saturated carbocycles. The number of carboxylic acid groups (broad SMARTS) is 1. The number of fused-ring (bicyclic) bond motifs is 1. The number of aromatic nitrogens is 1. The number of hydrogen-bond donors (Lipinski definition) is 3. The number of carboxylic acids is 1. The summed E-state index contributed by atoms with van der Waals surface area (Å²) in [5, 5.41) is 10.3. The maximum Gasteiger partial charge on any atom is 0.322 e. The summed E-state index contributed by atoms with van der Waals surface area (Å²) in [6.07, 6.45) is 1.75. The standard InChI is InChI=1S/C15H13BrN2O4S2/c16-13-5-6-14(23-13)24(21,22)18-12(15(19)20)7-9-8-17-11-4-2-1-3-10(9)11/h1-6,8,12,17-18H,7H2,(H,19,20)/t12-/m1/s1. The van der Waals surface area contributed by atoms with Gasteiger partial charge in [-0.2, -0.15) is 4.72 Å². The molecule has 2 aromatic heterocycles. The Balaban J connectivity index is 1.87. The van der Waals surface area contributed by atoms with Crippen LogP contribution in [0.5, 0.6) is 0 Å². The van der Waals surface area contributed by atoms with Gasteiger partial charge >= 0.3 is 5.97 Å². The molecule has 1 aromatic carbocycles. The maximum absolute atomic E-state index is 12.4. The molecule has 2 heterocycles. The number of aliphatic carboxylic acids is 1. The molecule has 0 aliphatic carbocycles. The Bertz CT molecular complexity index is 994. The Morgan fingerprint density at radius 1 is 1.29 bits per heavy atom. The average molecular weight is 429 g/mol.